The number of nitrogens with zero attached hydrogens (tertiary/aromatic N) is 2. The summed E-state index contributed by atoms with van der Waals surface area (Å²) >= 11 is 0. The number of ether oxygens (including phenoxy) is 1. The molecule has 3 N–H and O–H groups in total. The van der Waals surface area contributed by atoms with Crippen molar-refractivity contribution < 1.29 is 14.3 Å². The average Bonchev–Trinajstić information content (AvgIpc) is 3.30. The lowest BCUT2D eigenvalue weighted by Gasteiger charge is -2.37. The van der Waals surface area contributed by atoms with Gasteiger partial charge in [0.05, 0.1) is 24.6 Å². The third-order valence-corrected chi connectivity index (χ3v) is 7.92. The molecule has 3 aliphatic rings. The third kappa shape index (κ3) is 3.68. The normalized spacial score (nSPS) is 31.4. The Balaban J connectivity index is 1.46. The van der Waals surface area contributed by atoms with E-state index < -0.39 is 0 Å². The van der Waals surface area contributed by atoms with Crippen LogP contribution in [0.25, 0.3) is 0 Å². The molecule has 1 aliphatic carbocycles. The number of hydrogen-bond acceptors (Lipinski definition) is 5. The van der Waals surface area contributed by atoms with Crippen molar-refractivity contribution in [3.63, 3.8) is 0 Å². The SMILES string of the molecule is CCC1(CC)CC(=O)N(C[C@@]2(C)C(C)C2C(=O)N[C@H]2CCOc3ccccc32)C(N)=N1. The Morgan fingerprint density at radius 1 is 1.32 bits per heavy atom. The van der Waals surface area contributed by atoms with Crippen molar-refractivity contribution in [3.05, 3.63) is 29.8 Å². The molecule has 2 unspecified atom stereocenters. The molecule has 7 nitrogen and oxygen atoms in total. The highest BCUT2D eigenvalue weighted by Gasteiger charge is 2.63. The molecule has 7 heteroatoms. The summed E-state index contributed by atoms with van der Waals surface area (Å²) in [5.41, 5.74) is 6.56. The molecule has 168 valence electrons. The standard InChI is InChI=1S/C24H34N4O3/c1-5-24(6-2)13-19(29)28(22(25)27-24)14-23(4)15(3)20(23)21(30)26-17-11-12-31-18-10-8-7-9-16(17)18/h7-10,15,17,20H,5-6,11-14H2,1-4H3,(H2,25,27)(H,26,30)/t15?,17-,20?,23-/m0/s1. The summed E-state index contributed by atoms with van der Waals surface area (Å²) in [6, 6.07) is 7.80. The molecular weight excluding hydrogens is 392 g/mol. The number of amides is 2. The second kappa shape index (κ2) is 7.84. The summed E-state index contributed by atoms with van der Waals surface area (Å²) in [5, 5.41) is 3.23. The molecule has 1 aromatic rings. The number of nitrogens with two attached hydrogens (primary N) is 1. The van der Waals surface area contributed by atoms with Gasteiger partial charge < -0.3 is 15.8 Å². The van der Waals surface area contributed by atoms with Gasteiger partial charge in [0.1, 0.15) is 5.75 Å². The van der Waals surface area contributed by atoms with Crippen molar-refractivity contribution in [2.75, 3.05) is 13.2 Å². The molecule has 2 heterocycles. The first-order valence-electron chi connectivity index (χ1n) is 11.4. The van der Waals surface area contributed by atoms with Crippen LogP contribution in [0.1, 0.15) is 65.0 Å². The minimum atomic E-state index is -0.388. The topological polar surface area (TPSA) is 97.0 Å². The predicted molar refractivity (Wildman–Crippen MR) is 119 cm³/mol. The molecule has 0 aromatic heterocycles. The minimum Gasteiger partial charge on any atom is -0.493 e. The molecule has 1 fully saturated rings. The number of benzene rings is 1. The quantitative estimate of drug-likeness (QED) is 0.731. The Kier molecular flexibility index (Phi) is 5.48. The monoisotopic (exact) mass is 426 g/mol. The molecule has 0 spiro atoms. The van der Waals surface area contributed by atoms with Gasteiger partial charge in [-0.1, -0.05) is 45.9 Å². The summed E-state index contributed by atoms with van der Waals surface area (Å²) in [7, 11) is 0. The lowest BCUT2D eigenvalue weighted by Crippen LogP contribution is -2.53. The van der Waals surface area contributed by atoms with Gasteiger partial charge >= 0.3 is 0 Å². The molecule has 4 rings (SSSR count). The van der Waals surface area contributed by atoms with Gasteiger partial charge in [-0.25, -0.2) is 4.99 Å². The highest BCUT2D eigenvalue weighted by atomic mass is 16.5. The maximum atomic E-state index is 13.2. The van der Waals surface area contributed by atoms with E-state index in [0.29, 0.717) is 19.6 Å². The van der Waals surface area contributed by atoms with Crippen LogP contribution in [0.4, 0.5) is 0 Å². The van der Waals surface area contributed by atoms with E-state index in [1.54, 1.807) is 4.90 Å². The van der Waals surface area contributed by atoms with E-state index in [-0.39, 0.29) is 46.6 Å². The number of carbonyl (C=O) groups is 2. The Labute approximate surface area is 184 Å². The average molecular weight is 427 g/mol. The Morgan fingerprint density at radius 3 is 2.71 bits per heavy atom. The second-order valence-electron chi connectivity index (χ2n) is 9.57. The van der Waals surface area contributed by atoms with Crippen molar-refractivity contribution in [2.24, 2.45) is 28.0 Å². The fourth-order valence-electron chi connectivity index (χ4n) is 5.33. The summed E-state index contributed by atoms with van der Waals surface area (Å²) in [6.07, 6.45) is 2.70. The van der Waals surface area contributed by atoms with Crippen LogP contribution >= 0.6 is 0 Å². The number of para-hydroxylation sites is 1. The number of hydrogen-bond donors (Lipinski definition) is 2. The maximum Gasteiger partial charge on any atom is 0.231 e. The summed E-state index contributed by atoms with van der Waals surface area (Å²) in [4.78, 5) is 32.4. The van der Waals surface area contributed by atoms with E-state index in [2.05, 4.69) is 19.2 Å². The van der Waals surface area contributed by atoms with Gasteiger partial charge in [-0.05, 0) is 24.8 Å². The van der Waals surface area contributed by atoms with E-state index in [0.717, 1.165) is 30.6 Å². The first-order chi connectivity index (χ1) is 14.7. The molecule has 2 amide bonds. The molecule has 2 aliphatic heterocycles. The highest BCUT2D eigenvalue weighted by Crippen LogP contribution is 2.59. The van der Waals surface area contributed by atoms with Gasteiger partial charge in [0.15, 0.2) is 5.96 Å². The zero-order valence-corrected chi connectivity index (χ0v) is 19.0. The molecule has 0 bridgehead atoms. The number of aliphatic imine (C=N–C) groups is 1. The van der Waals surface area contributed by atoms with Crippen molar-refractivity contribution in [1.82, 2.24) is 10.2 Å². The Bertz CT molecular complexity index is 910. The lowest BCUT2D eigenvalue weighted by molar-refractivity contribution is -0.131. The molecule has 1 aromatic carbocycles. The zero-order chi connectivity index (χ0) is 22.4. The zero-order valence-electron chi connectivity index (χ0n) is 19.0. The molecule has 0 radical (unpaired) electrons. The van der Waals surface area contributed by atoms with E-state index in [9.17, 15) is 9.59 Å². The van der Waals surface area contributed by atoms with Crippen LogP contribution in [0.15, 0.2) is 29.3 Å². The smallest absolute Gasteiger partial charge is 0.231 e. The highest BCUT2D eigenvalue weighted by molar-refractivity contribution is 5.99. The minimum absolute atomic E-state index is 0.00837. The van der Waals surface area contributed by atoms with Crippen molar-refractivity contribution in [2.45, 2.75) is 65.0 Å². The summed E-state index contributed by atoms with van der Waals surface area (Å²) < 4.78 is 5.71. The number of fused-ring (bicyclic) bond motifs is 1. The number of nitrogens with one attached hydrogen (secondary N) is 1. The Hall–Kier alpha value is -2.57. The summed E-state index contributed by atoms with van der Waals surface area (Å²) in [5.74, 6) is 1.17. The maximum absolute atomic E-state index is 13.2. The number of guanidine groups is 1. The van der Waals surface area contributed by atoms with Gasteiger partial charge in [-0.3, -0.25) is 14.5 Å². The van der Waals surface area contributed by atoms with Gasteiger partial charge in [0.25, 0.3) is 0 Å². The largest absolute Gasteiger partial charge is 0.493 e. The van der Waals surface area contributed by atoms with Gasteiger partial charge in [0.2, 0.25) is 11.8 Å². The van der Waals surface area contributed by atoms with Crippen LogP contribution in [-0.2, 0) is 9.59 Å². The van der Waals surface area contributed by atoms with Crippen molar-refractivity contribution >= 4 is 17.8 Å². The molecule has 4 atom stereocenters. The van der Waals surface area contributed by atoms with Crippen molar-refractivity contribution in [1.29, 1.82) is 0 Å². The number of carbonyl (C=O) groups excluding carboxylic acids is 2. The van der Waals surface area contributed by atoms with Crippen LogP contribution in [-0.4, -0.2) is 41.4 Å². The fourth-order valence-corrected chi connectivity index (χ4v) is 5.33. The van der Waals surface area contributed by atoms with Crippen LogP contribution in [0, 0.1) is 17.3 Å². The van der Waals surface area contributed by atoms with Crippen molar-refractivity contribution in [3.8, 4) is 5.75 Å². The van der Waals surface area contributed by atoms with Crippen LogP contribution in [0.2, 0.25) is 0 Å². The number of rotatable bonds is 6. The van der Waals surface area contributed by atoms with Gasteiger partial charge in [0, 0.05) is 29.9 Å². The van der Waals surface area contributed by atoms with Crippen LogP contribution < -0.4 is 15.8 Å². The molecule has 0 saturated heterocycles. The van der Waals surface area contributed by atoms with E-state index in [1.807, 2.05) is 38.1 Å². The first-order valence-corrected chi connectivity index (χ1v) is 11.4. The van der Waals surface area contributed by atoms with E-state index in [1.165, 1.54) is 0 Å². The first kappa shape index (κ1) is 21.7. The predicted octanol–water partition coefficient (Wildman–Crippen LogP) is 3.00. The third-order valence-electron chi connectivity index (χ3n) is 7.92. The fraction of sp³-hybridized carbons (Fsp3) is 0.625. The van der Waals surface area contributed by atoms with Crippen LogP contribution in [0.5, 0.6) is 5.75 Å². The van der Waals surface area contributed by atoms with Crippen LogP contribution in [0.3, 0.4) is 0 Å². The van der Waals surface area contributed by atoms with Gasteiger partial charge in [-0.2, -0.15) is 0 Å². The van der Waals surface area contributed by atoms with E-state index in [4.69, 9.17) is 15.5 Å². The summed E-state index contributed by atoms with van der Waals surface area (Å²) in [6.45, 7) is 9.25. The van der Waals surface area contributed by atoms with E-state index >= 15 is 0 Å². The second-order valence-corrected chi connectivity index (χ2v) is 9.57. The van der Waals surface area contributed by atoms with Gasteiger partial charge in [-0.15, -0.1) is 0 Å². The molecule has 1 saturated carbocycles. The molecular formula is C24H34N4O3. The lowest BCUT2D eigenvalue weighted by atomic mass is 9.87. The molecule has 31 heavy (non-hydrogen) atoms. The Morgan fingerprint density at radius 2 is 2.03 bits per heavy atom.